The van der Waals surface area contributed by atoms with E-state index >= 15 is 0 Å². The van der Waals surface area contributed by atoms with Gasteiger partial charge in [0, 0.05) is 4.47 Å². The SMILES string of the molecule is O=C1CC(=O)N(c2ccc(F)cc2)N=C1C(=O)NCCOc1cccc(Br)c1. The van der Waals surface area contributed by atoms with Gasteiger partial charge in [-0.05, 0) is 42.5 Å². The van der Waals surface area contributed by atoms with Crippen LogP contribution in [-0.2, 0) is 14.4 Å². The number of ether oxygens (including phenoxy) is 1. The van der Waals surface area contributed by atoms with Crippen molar-refractivity contribution < 1.29 is 23.5 Å². The van der Waals surface area contributed by atoms with Crippen LogP contribution in [0.4, 0.5) is 10.1 Å². The predicted molar refractivity (Wildman–Crippen MR) is 104 cm³/mol. The molecule has 0 unspecified atom stereocenters. The number of carbonyl (C=O) groups excluding carboxylic acids is 3. The molecule has 1 N–H and O–H groups in total. The topological polar surface area (TPSA) is 88.1 Å². The highest BCUT2D eigenvalue weighted by molar-refractivity contribution is 9.10. The van der Waals surface area contributed by atoms with E-state index in [-0.39, 0.29) is 24.6 Å². The molecule has 0 radical (unpaired) electrons. The summed E-state index contributed by atoms with van der Waals surface area (Å²) in [5.74, 6) is -1.82. The van der Waals surface area contributed by atoms with Crippen molar-refractivity contribution in [3.05, 3.63) is 58.8 Å². The van der Waals surface area contributed by atoms with Crippen LogP contribution in [0.2, 0.25) is 0 Å². The van der Waals surface area contributed by atoms with Crippen molar-refractivity contribution in [2.24, 2.45) is 5.10 Å². The highest BCUT2D eigenvalue weighted by atomic mass is 79.9. The molecule has 0 spiro atoms. The molecule has 7 nitrogen and oxygen atoms in total. The molecule has 9 heteroatoms. The first-order valence-corrected chi connectivity index (χ1v) is 9.10. The third-order valence-electron chi connectivity index (χ3n) is 3.75. The van der Waals surface area contributed by atoms with E-state index in [1.165, 1.54) is 12.1 Å². The van der Waals surface area contributed by atoms with Crippen LogP contribution in [0.5, 0.6) is 5.75 Å². The van der Waals surface area contributed by atoms with Crippen molar-refractivity contribution in [1.82, 2.24) is 5.32 Å². The zero-order chi connectivity index (χ0) is 20.1. The number of anilines is 1. The summed E-state index contributed by atoms with van der Waals surface area (Å²) >= 11 is 3.33. The lowest BCUT2D eigenvalue weighted by atomic mass is 10.1. The van der Waals surface area contributed by atoms with Crippen molar-refractivity contribution in [3.8, 4) is 5.75 Å². The highest BCUT2D eigenvalue weighted by Crippen LogP contribution is 2.20. The van der Waals surface area contributed by atoms with Gasteiger partial charge in [-0.25, -0.2) is 4.39 Å². The van der Waals surface area contributed by atoms with Gasteiger partial charge in [-0.2, -0.15) is 10.1 Å². The molecule has 0 atom stereocenters. The zero-order valence-corrected chi connectivity index (χ0v) is 16.1. The number of nitrogens with one attached hydrogen (secondary N) is 1. The number of hydrogen-bond donors (Lipinski definition) is 1. The summed E-state index contributed by atoms with van der Waals surface area (Å²) in [7, 11) is 0. The van der Waals surface area contributed by atoms with Gasteiger partial charge in [-0.1, -0.05) is 22.0 Å². The van der Waals surface area contributed by atoms with Crippen molar-refractivity contribution in [2.45, 2.75) is 6.42 Å². The molecular weight excluding hydrogens is 433 g/mol. The van der Waals surface area contributed by atoms with Crippen LogP contribution >= 0.6 is 15.9 Å². The molecule has 2 aromatic rings. The Morgan fingerprint density at radius 3 is 2.68 bits per heavy atom. The van der Waals surface area contributed by atoms with Gasteiger partial charge in [0.2, 0.25) is 0 Å². The number of halogens is 2. The largest absolute Gasteiger partial charge is 0.492 e. The van der Waals surface area contributed by atoms with Gasteiger partial charge < -0.3 is 10.1 Å². The van der Waals surface area contributed by atoms with Crippen LogP contribution in [0.25, 0.3) is 0 Å². The Labute approximate surface area is 168 Å². The number of ketones is 1. The van der Waals surface area contributed by atoms with Gasteiger partial charge in [-0.15, -0.1) is 0 Å². The summed E-state index contributed by atoms with van der Waals surface area (Å²) in [6.07, 6.45) is -0.488. The third-order valence-corrected chi connectivity index (χ3v) is 4.24. The summed E-state index contributed by atoms with van der Waals surface area (Å²) < 4.78 is 19.4. The maximum absolute atomic E-state index is 13.1. The quantitative estimate of drug-likeness (QED) is 0.544. The van der Waals surface area contributed by atoms with Crippen molar-refractivity contribution >= 4 is 44.9 Å². The molecule has 2 aromatic carbocycles. The summed E-state index contributed by atoms with van der Waals surface area (Å²) in [5.41, 5.74) is -0.117. The van der Waals surface area contributed by atoms with Gasteiger partial charge in [0.05, 0.1) is 18.7 Å². The Balaban J connectivity index is 1.62. The average Bonchev–Trinajstić information content (AvgIpc) is 2.66. The second kappa shape index (κ2) is 8.75. The Hall–Kier alpha value is -3.07. The van der Waals surface area contributed by atoms with E-state index in [0.29, 0.717) is 5.75 Å². The van der Waals surface area contributed by atoms with Crippen LogP contribution < -0.4 is 15.1 Å². The standard InChI is InChI=1S/C19H15BrFN3O4/c20-12-2-1-3-15(10-12)28-9-8-22-19(27)18-16(25)11-17(26)24(23-18)14-6-4-13(21)5-7-14/h1-7,10H,8-9,11H2,(H,22,27). The van der Waals surface area contributed by atoms with E-state index in [1.807, 2.05) is 12.1 Å². The fraction of sp³-hybridized carbons (Fsp3) is 0.158. The molecule has 1 aliphatic rings. The average molecular weight is 448 g/mol. The normalized spacial score (nSPS) is 13.9. The van der Waals surface area contributed by atoms with E-state index in [2.05, 4.69) is 26.3 Å². The van der Waals surface area contributed by atoms with Gasteiger partial charge in [0.25, 0.3) is 11.8 Å². The first kappa shape index (κ1) is 19.7. The second-order valence-electron chi connectivity index (χ2n) is 5.79. The van der Waals surface area contributed by atoms with Crippen LogP contribution in [-0.4, -0.2) is 36.5 Å². The minimum atomic E-state index is -0.706. The van der Waals surface area contributed by atoms with Crippen LogP contribution in [0.3, 0.4) is 0 Å². The summed E-state index contributed by atoms with van der Waals surface area (Å²) in [6, 6.07) is 12.2. The number of carbonyl (C=O) groups is 3. The minimum absolute atomic E-state index is 0.141. The minimum Gasteiger partial charge on any atom is -0.492 e. The van der Waals surface area contributed by atoms with E-state index in [1.54, 1.807) is 12.1 Å². The van der Waals surface area contributed by atoms with Crippen LogP contribution in [0, 0.1) is 5.82 Å². The van der Waals surface area contributed by atoms with Gasteiger partial charge in [-0.3, -0.25) is 14.4 Å². The Kier molecular flexibility index (Phi) is 6.15. The smallest absolute Gasteiger partial charge is 0.275 e. The van der Waals surface area contributed by atoms with Crippen molar-refractivity contribution in [2.75, 3.05) is 18.2 Å². The first-order valence-electron chi connectivity index (χ1n) is 8.31. The number of rotatable bonds is 6. The summed E-state index contributed by atoms with van der Waals surface area (Å²) in [6.45, 7) is 0.326. The number of benzene rings is 2. The Morgan fingerprint density at radius 2 is 1.96 bits per heavy atom. The monoisotopic (exact) mass is 447 g/mol. The molecule has 1 aliphatic heterocycles. The van der Waals surface area contributed by atoms with E-state index in [0.717, 1.165) is 21.6 Å². The number of hydrazone groups is 1. The van der Waals surface area contributed by atoms with Crippen LogP contribution in [0.15, 0.2) is 58.1 Å². The fourth-order valence-electron chi connectivity index (χ4n) is 2.44. The van der Waals surface area contributed by atoms with Gasteiger partial charge >= 0.3 is 0 Å². The fourth-order valence-corrected chi connectivity index (χ4v) is 2.82. The number of hydrogen-bond acceptors (Lipinski definition) is 5. The molecule has 1 heterocycles. The summed E-state index contributed by atoms with van der Waals surface area (Å²) in [4.78, 5) is 36.4. The molecule has 0 aromatic heterocycles. The molecule has 144 valence electrons. The molecule has 0 saturated carbocycles. The molecule has 2 amide bonds. The lowest BCUT2D eigenvalue weighted by Gasteiger charge is -2.22. The maximum Gasteiger partial charge on any atom is 0.275 e. The third kappa shape index (κ3) is 4.80. The van der Waals surface area contributed by atoms with E-state index in [4.69, 9.17) is 4.74 Å². The maximum atomic E-state index is 13.1. The van der Waals surface area contributed by atoms with Crippen molar-refractivity contribution in [1.29, 1.82) is 0 Å². The van der Waals surface area contributed by atoms with Crippen LogP contribution in [0.1, 0.15) is 6.42 Å². The molecule has 28 heavy (non-hydrogen) atoms. The number of amides is 2. The Bertz CT molecular complexity index is 946. The first-order chi connectivity index (χ1) is 13.4. The second-order valence-corrected chi connectivity index (χ2v) is 6.71. The van der Waals surface area contributed by atoms with E-state index in [9.17, 15) is 18.8 Å². The molecular formula is C19H15BrFN3O4. The molecule has 0 bridgehead atoms. The predicted octanol–water partition coefficient (Wildman–Crippen LogP) is 2.45. The molecule has 0 aliphatic carbocycles. The van der Waals surface area contributed by atoms with E-state index < -0.39 is 29.8 Å². The molecule has 0 fully saturated rings. The number of Topliss-reactive ketones (excluding diaryl/α,β-unsaturated/α-hetero) is 1. The lowest BCUT2D eigenvalue weighted by Crippen LogP contribution is -2.45. The molecule has 0 saturated heterocycles. The number of nitrogens with zero attached hydrogens (tertiary/aromatic N) is 2. The Morgan fingerprint density at radius 1 is 1.21 bits per heavy atom. The van der Waals surface area contributed by atoms with Gasteiger partial charge in [0.15, 0.2) is 11.5 Å². The van der Waals surface area contributed by atoms with Gasteiger partial charge in [0.1, 0.15) is 18.2 Å². The van der Waals surface area contributed by atoms with Crippen molar-refractivity contribution in [3.63, 3.8) is 0 Å². The summed E-state index contributed by atoms with van der Waals surface area (Å²) in [5, 5.41) is 7.32. The zero-order valence-electron chi connectivity index (χ0n) is 14.5. The molecule has 3 rings (SSSR count). The lowest BCUT2D eigenvalue weighted by molar-refractivity contribution is -0.125. The highest BCUT2D eigenvalue weighted by Gasteiger charge is 2.32.